The van der Waals surface area contributed by atoms with Crippen LogP contribution in [0, 0.1) is 0 Å². The van der Waals surface area contributed by atoms with Crippen LogP contribution in [0.25, 0.3) is 0 Å². The first-order valence-electron chi connectivity index (χ1n) is 8.10. The molecule has 0 aliphatic carbocycles. The first-order chi connectivity index (χ1) is 11.1. The monoisotopic (exact) mass is 311 g/mol. The van der Waals surface area contributed by atoms with Gasteiger partial charge in [0.15, 0.2) is 0 Å². The smallest absolute Gasteiger partial charge is 0.230 e. The molecule has 0 radical (unpaired) electrons. The number of rotatable bonds is 6. The van der Waals surface area contributed by atoms with Gasteiger partial charge in [-0.2, -0.15) is 0 Å². The maximum absolute atomic E-state index is 12.9. The van der Waals surface area contributed by atoms with Crippen LogP contribution in [0.3, 0.4) is 0 Å². The maximum Gasteiger partial charge on any atom is 0.230 e. The van der Waals surface area contributed by atoms with Crippen molar-refractivity contribution in [2.75, 3.05) is 7.05 Å². The Labute approximate surface area is 138 Å². The molecule has 3 atom stereocenters. The second-order valence-electron chi connectivity index (χ2n) is 5.92. The molecule has 0 fully saturated rings. The summed E-state index contributed by atoms with van der Waals surface area (Å²) in [6.07, 6.45) is 0.0415. The number of likely N-dealkylation sites (N-methyl/N-ethyl adjacent to an activating group) is 1. The van der Waals surface area contributed by atoms with E-state index in [0.717, 1.165) is 17.5 Å². The molecule has 0 bridgehead atoms. The van der Waals surface area contributed by atoms with Crippen LogP contribution in [-0.4, -0.2) is 29.0 Å². The highest BCUT2D eigenvalue weighted by atomic mass is 16.3. The molecular weight excluding hydrogens is 286 g/mol. The van der Waals surface area contributed by atoms with Crippen molar-refractivity contribution in [1.29, 1.82) is 0 Å². The number of carbonyl (C=O) groups excluding carboxylic acids is 1. The average Bonchev–Trinajstić information content (AvgIpc) is 2.62. The number of benzene rings is 2. The molecule has 0 saturated heterocycles. The quantitative estimate of drug-likeness (QED) is 0.882. The lowest BCUT2D eigenvalue weighted by Gasteiger charge is -2.32. The molecule has 3 heteroatoms. The molecule has 1 N–H and O–H groups in total. The van der Waals surface area contributed by atoms with Gasteiger partial charge in [0.05, 0.1) is 18.1 Å². The summed E-state index contributed by atoms with van der Waals surface area (Å²) in [4.78, 5) is 14.5. The summed E-state index contributed by atoms with van der Waals surface area (Å²) < 4.78 is 0. The molecule has 122 valence electrons. The minimum atomic E-state index is -0.696. The van der Waals surface area contributed by atoms with Crippen molar-refractivity contribution in [3.05, 3.63) is 71.8 Å². The van der Waals surface area contributed by atoms with Crippen molar-refractivity contribution < 1.29 is 9.90 Å². The lowest BCUT2D eigenvalue weighted by molar-refractivity contribution is -0.135. The van der Waals surface area contributed by atoms with Crippen molar-refractivity contribution in [2.24, 2.45) is 0 Å². The molecule has 1 amide bonds. The van der Waals surface area contributed by atoms with Gasteiger partial charge in [-0.3, -0.25) is 4.79 Å². The largest absolute Gasteiger partial charge is 0.386 e. The molecule has 23 heavy (non-hydrogen) atoms. The van der Waals surface area contributed by atoms with Gasteiger partial charge in [-0.15, -0.1) is 0 Å². The summed E-state index contributed by atoms with van der Waals surface area (Å²) in [6.45, 7) is 3.90. The zero-order valence-electron chi connectivity index (χ0n) is 14.0. The summed E-state index contributed by atoms with van der Waals surface area (Å²) in [6, 6.07) is 19.0. The Morgan fingerprint density at radius 2 is 1.48 bits per heavy atom. The molecule has 0 heterocycles. The fourth-order valence-corrected chi connectivity index (χ4v) is 2.83. The van der Waals surface area contributed by atoms with Crippen LogP contribution < -0.4 is 0 Å². The number of hydrogen-bond acceptors (Lipinski definition) is 2. The predicted molar refractivity (Wildman–Crippen MR) is 93.1 cm³/mol. The highest BCUT2D eigenvalue weighted by Gasteiger charge is 2.28. The molecule has 0 saturated carbocycles. The third-order valence-corrected chi connectivity index (χ3v) is 4.46. The predicted octanol–water partition coefficient (Wildman–Crippen LogP) is 3.76. The molecule has 0 aromatic heterocycles. The van der Waals surface area contributed by atoms with Crippen molar-refractivity contribution in [1.82, 2.24) is 4.90 Å². The van der Waals surface area contributed by atoms with Gasteiger partial charge in [0, 0.05) is 7.05 Å². The van der Waals surface area contributed by atoms with Gasteiger partial charge in [0.2, 0.25) is 5.91 Å². The minimum Gasteiger partial charge on any atom is -0.386 e. The van der Waals surface area contributed by atoms with E-state index in [-0.39, 0.29) is 17.9 Å². The summed E-state index contributed by atoms with van der Waals surface area (Å²) in [5.74, 6) is -0.132. The number of nitrogens with zero attached hydrogens (tertiary/aromatic N) is 1. The van der Waals surface area contributed by atoms with Crippen LogP contribution in [0.4, 0.5) is 0 Å². The normalized spacial score (nSPS) is 14.8. The Balaban J connectivity index is 2.14. The molecule has 0 aliphatic heterocycles. The average molecular weight is 311 g/mol. The van der Waals surface area contributed by atoms with Gasteiger partial charge in [0.25, 0.3) is 0 Å². The second kappa shape index (κ2) is 7.93. The Kier molecular flexibility index (Phi) is 5.94. The van der Waals surface area contributed by atoms with Crippen molar-refractivity contribution >= 4 is 5.91 Å². The van der Waals surface area contributed by atoms with E-state index in [1.807, 2.05) is 74.5 Å². The standard InChI is InChI=1S/C20H25NO2/c1-4-18(16-11-7-5-8-12-16)20(23)21(3)15(2)19(22)17-13-9-6-10-14-17/h5-15,18-19,22H,4H2,1-3H3/t15-,18?,19+/m0/s1. The van der Waals surface area contributed by atoms with E-state index in [1.54, 1.807) is 11.9 Å². The molecule has 0 spiro atoms. The third kappa shape index (κ3) is 3.99. The number of amides is 1. The number of aliphatic hydroxyl groups excluding tert-OH is 1. The van der Waals surface area contributed by atoms with Crippen LogP contribution in [-0.2, 0) is 4.79 Å². The van der Waals surface area contributed by atoms with Gasteiger partial charge in [-0.05, 0) is 24.5 Å². The Hall–Kier alpha value is -2.13. The fraction of sp³-hybridized carbons (Fsp3) is 0.350. The maximum atomic E-state index is 12.9. The third-order valence-electron chi connectivity index (χ3n) is 4.46. The van der Waals surface area contributed by atoms with Crippen molar-refractivity contribution in [2.45, 2.75) is 38.3 Å². The van der Waals surface area contributed by atoms with E-state index in [2.05, 4.69) is 0 Å². The van der Waals surface area contributed by atoms with Gasteiger partial charge in [-0.25, -0.2) is 0 Å². The van der Waals surface area contributed by atoms with Gasteiger partial charge in [-0.1, -0.05) is 67.6 Å². The zero-order chi connectivity index (χ0) is 16.8. The van der Waals surface area contributed by atoms with E-state index >= 15 is 0 Å². The molecule has 0 aliphatic rings. The number of aliphatic hydroxyl groups is 1. The molecule has 1 unspecified atom stereocenters. The van der Waals surface area contributed by atoms with Crippen molar-refractivity contribution in [3.8, 4) is 0 Å². The van der Waals surface area contributed by atoms with Crippen LogP contribution >= 0.6 is 0 Å². The van der Waals surface area contributed by atoms with Crippen LogP contribution in [0.1, 0.15) is 43.4 Å². The second-order valence-corrected chi connectivity index (χ2v) is 5.92. The Morgan fingerprint density at radius 3 is 1.96 bits per heavy atom. The van der Waals surface area contributed by atoms with E-state index in [9.17, 15) is 9.90 Å². The topological polar surface area (TPSA) is 40.5 Å². The Morgan fingerprint density at radius 1 is 1.00 bits per heavy atom. The molecule has 2 aromatic carbocycles. The number of carbonyl (C=O) groups is 1. The van der Waals surface area contributed by atoms with Crippen LogP contribution in [0.5, 0.6) is 0 Å². The van der Waals surface area contributed by atoms with Gasteiger partial charge in [0.1, 0.15) is 0 Å². The highest BCUT2D eigenvalue weighted by Crippen LogP contribution is 2.26. The molecule has 2 rings (SSSR count). The zero-order valence-corrected chi connectivity index (χ0v) is 14.0. The van der Waals surface area contributed by atoms with E-state index in [0.29, 0.717) is 0 Å². The summed E-state index contributed by atoms with van der Waals surface area (Å²) in [5, 5.41) is 10.5. The first kappa shape index (κ1) is 17.2. The fourth-order valence-electron chi connectivity index (χ4n) is 2.83. The molecular formula is C20H25NO2. The minimum absolute atomic E-state index is 0.0428. The van der Waals surface area contributed by atoms with Crippen LogP contribution in [0.2, 0.25) is 0 Å². The number of hydrogen-bond donors (Lipinski definition) is 1. The molecule has 2 aromatic rings. The van der Waals surface area contributed by atoms with Gasteiger partial charge >= 0.3 is 0 Å². The summed E-state index contributed by atoms with van der Waals surface area (Å²) in [7, 11) is 1.77. The lowest BCUT2D eigenvalue weighted by atomic mass is 9.93. The van der Waals surface area contributed by atoms with Crippen molar-refractivity contribution in [3.63, 3.8) is 0 Å². The van der Waals surface area contributed by atoms with Crippen LogP contribution in [0.15, 0.2) is 60.7 Å². The summed E-state index contributed by atoms with van der Waals surface area (Å²) >= 11 is 0. The lowest BCUT2D eigenvalue weighted by Crippen LogP contribution is -2.41. The SMILES string of the molecule is CCC(C(=O)N(C)[C@@H](C)[C@@H](O)c1ccccc1)c1ccccc1. The van der Waals surface area contributed by atoms with E-state index in [1.165, 1.54) is 0 Å². The van der Waals surface area contributed by atoms with E-state index in [4.69, 9.17) is 0 Å². The van der Waals surface area contributed by atoms with Gasteiger partial charge < -0.3 is 10.0 Å². The first-order valence-corrected chi connectivity index (χ1v) is 8.10. The Bertz CT molecular complexity index is 612. The summed E-state index contributed by atoms with van der Waals surface area (Å²) in [5.41, 5.74) is 1.85. The molecule has 3 nitrogen and oxygen atoms in total. The van der Waals surface area contributed by atoms with E-state index < -0.39 is 6.10 Å². The highest BCUT2D eigenvalue weighted by molar-refractivity contribution is 5.83.